The molecule has 2 aromatic rings. The number of nitrogens with one attached hydrogen (secondary N) is 2. The lowest BCUT2D eigenvalue weighted by Gasteiger charge is -2.12. The maximum atomic E-state index is 14.4. The Labute approximate surface area is 200 Å². The molecule has 12 heteroatoms. The van der Waals surface area contributed by atoms with Crippen molar-refractivity contribution >= 4 is 27.7 Å². The molecule has 2 N–H and O–H groups in total. The van der Waals surface area contributed by atoms with Crippen molar-refractivity contribution in [3.05, 3.63) is 58.5 Å². The van der Waals surface area contributed by atoms with E-state index in [0.717, 1.165) is 37.0 Å². The van der Waals surface area contributed by atoms with E-state index in [1.807, 2.05) is 11.6 Å². The Morgan fingerprint density at radius 2 is 2.00 bits per heavy atom. The first kappa shape index (κ1) is 27.7. The lowest BCUT2D eigenvalue weighted by Crippen LogP contribution is -2.21. The molecular formula is C23H23F4N3O4S. The highest BCUT2D eigenvalue weighted by Gasteiger charge is 2.33. The number of sulfonamides is 1. The summed E-state index contributed by atoms with van der Waals surface area (Å²) in [6.45, 7) is 1.90. The van der Waals surface area contributed by atoms with Crippen LogP contribution in [0.2, 0.25) is 0 Å². The molecule has 1 amide bonds. The molecule has 0 saturated carbocycles. The largest absolute Gasteiger partial charge is 0.477 e. The summed E-state index contributed by atoms with van der Waals surface area (Å²) < 4.78 is 83.4. The molecule has 0 atom stereocenters. The number of anilines is 1. The number of aromatic nitrogens is 1. The van der Waals surface area contributed by atoms with Crippen LogP contribution in [0.25, 0.3) is 6.08 Å². The van der Waals surface area contributed by atoms with E-state index in [0.29, 0.717) is 6.42 Å². The lowest BCUT2D eigenvalue weighted by atomic mass is 10.1. The number of benzene rings is 1. The minimum Gasteiger partial charge on any atom is -0.477 e. The van der Waals surface area contributed by atoms with Crippen molar-refractivity contribution < 1.29 is 35.5 Å². The summed E-state index contributed by atoms with van der Waals surface area (Å²) in [4.78, 5) is 15.7. The molecule has 1 aromatic carbocycles. The van der Waals surface area contributed by atoms with E-state index in [9.17, 15) is 30.8 Å². The van der Waals surface area contributed by atoms with Gasteiger partial charge in [0.15, 0.2) is 0 Å². The van der Waals surface area contributed by atoms with Gasteiger partial charge in [0.05, 0.1) is 24.1 Å². The van der Waals surface area contributed by atoms with Crippen LogP contribution in [-0.2, 0) is 27.5 Å². The number of ether oxygens (including phenoxy) is 1. The van der Waals surface area contributed by atoms with Gasteiger partial charge in [0.1, 0.15) is 11.5 Å². The number of amides is 1. The summed E-state index contributed by atoms with van der Waals surface area (Å²) in [6, 6.07) is 4.27. The third-order valence-electron chi connectivity index (χ3n) is 4.39. The zero-order valence-electron chi connectivity index (χ0n) is 18.9. The van der Waals surface area contributed by atoms with Gasteiger partial charge in [-0.05, 0) is 42.3 Å². The molecule has 0 spiro atoms. The maximum absolute atomic E-state index is 14.4. The van der Waals surface area contributed by atoms with Crippen LogP contribution in [0.5, 0.6) is 5.88 Å². The van der Waals surface area contributed by atoms with E-state index in [4.69, 9.17) is 11.2 Å². The Kier molecular flexibility index (Phi) is 9.25. The number of terminal acetylenes is 1. The van der Waals surface area contributed by atoms with Crippen LogP contribution in [0.15, 0.2) is 30.3 Å². The molecule has 0 aliphatic heterocycles. The molecule has 0 unspecified atom stereocenters. The quantitative estimate of drug-likeness (QED) is 0.216. The molecular weight excluding hydrogens is 490 g/mol. The molecule has 1 aromatic heterocycles. The van der Waals surface area contributed by atoms with Crippen molar-refractivity contribution in [3.63, 3.8) is 0 Å². The fourth-order valence-electron chi connectivity index (χ4n) is 2.75. The Hall–Kier alpha value is -3.59. The maximum Gasteiger partial charge on any atom is 0.433 e. The second-order valence-electron chi connectivity index (χ2n) is 7.36. The standard InChI is InChI=1S/C23H23F4N3O4S/c1-4-6-11-34-22-17(7-9-19(29-22)23(25,26)27)8-10-20(31)28-14-15-12-16(5-2)21(18(24)13-15)30-35(3,32)33/h2,7-10,12-13,30H,4,6,11,14H2,1,3H3,(H,28,31)/b10-8+. The Bertz CT molecular complexity index is 1250. The van der Waals surface area contributed by atoms with Gasteiger partial charge in [-0.25, -0.2) is 17.8 Å². The summed E-state index contributed by atoms with van der Waals surface area (Å²) in [5.41, 5.74) is -1.13. The highest BCUT2D eigenvalue weighted by Crippen LogP contribution is 2.30. The van der Waals surface area contributed by atoms with Crippen LogP contribution in [-0.4, -0.2) is 32.2 Å². The summed E-state index contributed by atoms with van der Waals surface area (Å²) >= 11 is 0. The number of carbonyl (C=O) groups excluding carboxylic acids is 1. The normalized spacial score (nSPS) is 11.8. The van der Waals surface area contributed by atoms with Crippen molar-refractivity contribution in [1.29, 1.82) is 0 Å². The summed E-state index contributed by atoms with van der Waals surface area (Å²) in [7, 11) is -3.77. The van der Waals surface area contributed by atoms with Crippen LogP contribution in [0.4, 0.5) is 23.2 Å². The minimum atomic E-state index is -4.65. The number of pyridine rings is 1. The monoisotopic (exact) mass is 513 g/mol. The number of alkyl halides is 3. The van der Waals surface area contributed by atoms with Crippen molar-refractivity contribution in [3.8, 4) is 18.2 Å². The van der Waals surface area contributed by atoms with Crippen LogP contribution < -0.4 is 14.8 Å². The van der Waals surface area contributed by atoms with Gasteiger partial charge in [-0.2, -0.15) is 13.2 Å². The smallest absolute Gasteiger partial charge is 0.433 e. The molecule has 35 heavy (non-hydrogen) atoms. The average Bonchev–Trinajstić information content (AvgIpc) is 2.76. The topological polar surface area (TPSA) is 97.4 Å². The van der Waals surface area contributed by atoms with Gasteiger partial charge in [-0.15, -0.1) is 6.42 Å². The molecule has 188 valence electrons. The van der Waals surface area contributed by atoms with Crippen LogP contribution in [0, 0.1) is 18.2 Å². The predicted octanol–water partition coefficient (Wildman–Crippen LogP) is 4.10. The molecule has 1 heterocycles. The summed E-state index contributed by atoms with van der Waals surface area (Å²) in [5, 5.41) is 2.48. The Balaban J connectivity index is 2.15. The number of halogens is 4. The van der Waals surface area contributed by atoms with Gasteiger partial charge in [0.2, 0.25) is 21.8 Å². The van der Waals surface area contributed by atoms with E-state index in [1.54, 1.807) is 0 Å². The van der Waals surface area contributed by atoms with Gasteiger partial charge >= 0.3 is 6.18 Å². The Morgan fingerprint density at radius 1 is 1.29 bits per heavy atom. The van der Waals surface area contributed by atoms with Gasteiger partial charge in [0, 0.05) is 18.2 Å². The molecule has 0 aliphatic rings. The van der Waals surface area contributed by atoms with Crippen molar-refractivity contribution in [2.24, 2.45) is 0 Å². The lowest BCUT2D eigenvalue weighted by molar-refractivity contribution is -0.141. The summed E-state index contributed by atoms with van der Waals surface area (Å²) in [6.07, 6.45) is 5.21. The van der Waals surface area contributed by atoms with E-state index in [2.05, 4.69) is 16.2 Å². The zero-order valence-corrected chi connectivity index (χ0v) is 19.7. The molecule has 2 rings (SSSR count). The first-order chi connectivity index (χ1) is 16.3. The number of hydrogen-bond acceptors (Lipinski definition) is 5. The van der Waals surface area contributed by atoms with Gasteiger partial charge in [-0.1, -0.05) is 19.3 Å². The van der Waals surface area contributed by atoms with Gasteiger partial charge in [-0.3, -0.25) is 9.52 Å². The van der Waals surface area contributed by atoms with Crippen LogP contribution >= 0.6 is 0 Å². The van der Waals surface area contributed by atoms with E-state index in [1.165, 1.54) is 12.1 Å². The first-order valence-corrected chi connectivity index (χ1v) is 12.2. The van der Waals surface area contributed by atoms with Crippen molar-refractivity contribution in [2.75, 3.05) is 17.6 Å². The second-order valence-corrected chi connectivity index (χ2v) is 9.11. The molecule has 0 radical (unpaired) electrons. The first-order valence-electron chi connectivity index (χ1n) is 10.3. The highest BCUT2D eigenvalue weighted by atomic mass is 32.2. The fourth-order valence-corrected chi connectivity index (χ4v) is 3.32. The molecule has 0 bridgehead atoms. The fraction of sp³-hybridized carbons (Fsp3) is 0.304. The third-order valence-corrected chi connectivity index (χ3v) is 4.97. The van der Waals surface area contributed by atoms with Gasteiger partial charge < -0.3 is 10.1 Å². The predicted molar refractivity (Wildman–Crippen MR) is 123 cm³/mol. The minimum absolute atomic E-state index is 0.0556. The van der Waals surface area contributed by atoms with E-state index < -0.39 is 33.6 Å². The molecule has 0 fully saturated rings. The molecule has 7 nitrogen and oxygen atoms in total. The van der Waals surface area contributed by atoms with Crippen LogP contribution in [0.3, 0.4) is 0 Å². The average molecular weight is 514 g/mol. The Morgan fingerprint density at radius 3 is 2.60 bits per heavy atom. The van der Waals surface area contributed by atoms with Crippen molar-refractivity contribution in [1.82, 2.24) is 10.3 Å². The zero-order chi connectivity index (χ0) is 26.2. The number of nitrogens with zero attached hydrogens (tertiary/aromatic N) is 1. The van der Waals surface area contributed by atoms with Gasteiger partial charge in [0.25, 0.3) is 0 Å². The third kappa shape index (κ3) is 8.60. The SMILES string of the molecule is C#Cc1cc(CNC(=O)/C=C/c2ccc(C(F)(F)F)nc2OCCCC)cc(F)c1NS(C)(=O)=O. The van der Waals surface area contributed by atoms with E-state index in [-0.39, 0.29) is 41.4 Å². The number of hydrogen-bond donors (Lipinski definition) is 2. The van der Waals surface area contributed by atoms with Crippen molar-refractivity contribution in [2.45, 2.75) is 32.5 Å². The second kappa shape index (κ2) is 11.7. The number of rotatable bonds is 10. The highest BCUT2D eigenvalue weighted by molar-refractivity contribution is 7.92. The number of carbonyl (C=O) groups is 1. The molecule has 0 saturated heterocycles. The number of unbranched alkanes of at least 4 members (excludes halogenated alkanes) is 1. The van der Waals surface area contributed by atoms with E-state index >= 15 is 0 Å². The molecule has 0 aliphatic carbocycles. The van der Waals surface area contributed by atoms with Crippen LogP contribution in [0.1, 0.15) is 42.1 Å². The summed E-state index contributed by atoms with van der Waals surface area (Å²) in [5.74, 6) is 0.369.